The molecule has 5 nitrogen and oxygen atoms in total. The maximum Gasteiger partial charge on any atom is 0.233 e. The number of hydrogen-bond donors (Lipinski definition) is 1. The predicted molar refractivity (Wildman–Crippen MR) is 106 cm³/mol. The number of H-pyrrole nitrogens is 1. The molecule has 0 aliphatic carbocycles. The Morgan fingerprint density at radius 1 is 1.27 bits per heavy atom. The van der Waals surface area contributed by atoms with Gasteiger partial charge in [0.1, 0.15) is 5.75 Å². The lowest BCUT2D eigenvalue weighted by Crippen LogP contribution is -2.31. The number of carbonyl (C=O) groups excluding carboxylic acids is 1. The fourth-order valence-corrected chi connectivity index (χ4v) is 3.50. The molecule has 3 rings (SSSR count). The lowest BCUT2D eigenvalue weighted by Gasteiger charge is -2.25. The number of imidazole rings is 1. The third-order valence-electron chi connectivity index (χ3n) is 4.33. The second-order valence-electron chi connectivity index (χ2n) is 6.03. The predicted octanol–water partition coefficient (Wildman–Crippen LogP) is 4.27. The Kier molecular flexibility index (Phi) is 5.83. The van der Waals surface area contributed by atoms with E-state index < -0.39 is 0 Å². The van der Waals surface area contributed by atoms with Gasteiger partial charge in [-0.1, -0.05) is 42.1 Å². The van der Waals surface area contributed by atoms with Gasteiger partial charge >= 0.3 is 0 Å². The number of fused-ring (bicyclic) bond motifs is 1. The van der Waals surface area contributed by atoms with Gasteiger partial charge in [-0.05, 0) is 31.5 Å². The van der Waals surface area contributed by atoms with E-state index >= 15 is 0 Å². The van der Waals surface area contributed by atoms with Gasteiger partial charge in [0.15, 0.2) is 5.16 Å². The molecule has 0 aliphatic rings. The lowest BCUT2D eigenvalue weighted by atomic mass is 10.1. The molecule has 0 saturated carbocycles. The Hall–Kier alpha value is -2.47. The van der Waals surface area contributed by atoms with E-state index in [0.29, 0.717) is 12.4 Å². The van der Waals surface area contributed by atoms with Crippen molar-refractivity contribution >= 4 is 28.7 Å². The van der Waals surface area contributed by atoms with E-state index in [9.17, 15) is 4.79 Å². The molecule has 6 heteroatoms. The molecule has 1 aromatic heterocycles. The summed E-state index contributed by atoms with van der Waals surface area (Å²) in [5.74, 6) is 1.22. The van der Waals surface area contributed by atoms with Crippen LogP contribution in [0.15, 0.2) is 53.7 Å². The second kappa shape index (κ2) is 8.27. The number of benzene rings is 2. The Balaban J connectivity index is 1.62. The number of nitrogens with one attached hydrogen (secondary N) is 1. The summed E-state index contributed by atoms with van der Waals surface area (Å²) in [5.41, 5.74) is 2.91. The number of amides is 1. The fraction of sp³-hybridized carbons (Fsp3) is 0.300. The van der Waals surface area contributed by atoms with Crippen LogP contribution in [0.25, 0.3) is 11.0 Å². The van der Waals surface area contributed by atoms with Gasteiger partial charge in [-0.2, -0.15) is 0 Å². The molecule has 1 N–H and O–H groups in total. The molecular weight excluding hydrogens is 346 g/mol. The first-order valence-electron chi connectivity index (χ1n) is 8.64. The van der Waals surface area contributed by atoms with Gasteiger partial charge in [-0.3, -0.25) is 4.79 Å². The van der Waals surface area contributed by atoms with E-state index in [1.165, 1.54) is 11.8 Å². The summed E-state index contributed by atoms with van der Waals surface area (Å²) in [6.07, 6.45) is 0. The average Bonchev–Trinajstić information content (AvgIpc) is 3.08. The van der Waals surface area contributed by atoms with Crippen LogP contribution in [0.3, 0.4) is 0 Å². The van der Waals surface area contributed by atoms with Crippen molar-refractivity contribution in [1.82, 2.24) is 14.9 Å². The molecule has 1 amide bonds. The number of nitrogens with zero attached hydrogens (tertiary/aromatic N) is 2. The smallest absolute Gasteiger partial charge is 0.233 e. The molecule has 3 aromatic rings. The zero-order chi connectivity index (χ0) is 18.5. The van der Waals surface area contributed by atoms with Gasteiger partial charge in [0.25, 0.3) is 0 Å². The van der Waals surface area contributed by atoms with E-state index in [1.807, 2.05) is 69.4 Å². The summed E-state index contributed by atoms with van der Waals surface area (Å²) in [6, 6.07) is 15.8. The minimum atomic E-state index is 0.0359. The maximum atomic E-state index is 12.5. The van der Waals surface area contributed by atoms with Gasteiger partial charge in [0, 0.05) is 13.1 Å². The number of aromatic nitrogens is 2. The Labute approximate surface area is 157 Å². The highest BCUT2D eigenvalue weighted by Gasteiger charge is 2.18. The first kappa shape index (κ1) is 18.3. The van der Waals surface area contributed by atoms with Crippen LogP contribution >= 0.6 is 11.8 Å². The summed E-state index contributed by atoms with van der Waals surface area (Å²) >= 11 is 1.42. The summed E-state index contributed by atoms with van der Waals surface area (Å²) < 4.78 is 5.51. The van der Waals surface area contributed by atoms with Crippen molar-refractivity contribution in [1.29, 1.82) is 0 Å². The molecule has 0 bridgehead atoms. The van der Waals surface area contributed by atoms with Gasteiger partial charge in [-0.15, -0.1) is 0 Å². The summed E-state index contributed by atoms with van der Waals surface area (Å²) in [7, 11) is 1.84. The van der Waals surface area contributed by atoms with Crippen LogP contribution in [-0.4, -0.2) is 40.2 Å². The quantitative estimate of drug-likeness (QED) is 0.632. The molecule has 0 spiro atoms. The van der Waals surface area contributed by atoms with Gasteiger partial charge in [-0.25, -0.2) is 4.98 Å². The summed E-state index contributed by atoms with van der Waals surface area (Å²) in [4.78, 5) is 22.1. The molecule has 136 valence electrons. The van der Waals surface area contributed by atoms with Gasteiger partial charge < -0.3 is 14.6 Å². The van der Waals surface area contributed by atoms with Crippen LogP contribution in [0.2, 0.25) is 0 Å². The van der Waals surface area contributed by atoms with E-state index in [4.69, 9.17) is 4.74 Å². The van der Waals surface area contributed by atoms with Crippen molar-refractivity contribution in [2.75, 3.05) is 19.4 Å². The Bertz CT molecular complexity index is 879. The van der Waals surface area contributed by atoms with Gasteiger partial charge in [0.05, 0.1) is 29.4 Å². The van der Waals surface area contributed by atoms with Crippen molar-refractivity contribution in [3.63, 3.8) is 0 Å². The van der Waals surface area contributed by atoms with E-state index in [2.05, 4.69) is 9.97 Å². The number of hydrogen-bond acceptors (Lipinski definition) is 4. The number of thioether (sulfide) groups is 1. The molecule has 26 heavy (non-hydrogen) atoms. The molecule has 0 saturated heterocycles. The zero-order valence-corrected chi connectivity index (χ0v) is 16.0. The molecule has 0 radical (unpaired) electrons. The SMILES string of the molecule is CCOc1ccc2nc(SCC(=O)N(C)C(C)c3ccccc3)[nH]c2c1. The molecular formula is C20H23N3O2S. The van der Waals surface area contributed by atoms with E-state index in [0.717, 1.165) is 27.5 Å². The maximum absolute atomic E-state index is 12.5. The average molecular weight is 369 g/mol. The van der Waals surface area contributed by atoms with Crippen LogP contribution in [-0.2, 0) is 4.79 Å². The summed E-state index contributed by atoms with van der Waals surface area (Å²) in [6.45, 7) is 4.62. The van der Waals surface area contributed by atoms with Crippen LogP contribution in [0, 0.1) is 0 Å². The minimum absolute atomic E-state index is 0.0359. The van der Waals surface area contributed by atoms with Crippen molar-refractivity contribution in [2.24, 2.45) is 0 Å². The van der Waals surface area contributed by atoms with Crippen LogP contribution in [0.1, 0.15) is 25.5 Å². The highest BCUT2D eigenvalue weighted by molar-refractivity contribution is 7.99. The van der Waals surface area contributed by atoms with Crippen LogP contribution in [0.5, 0.6) is 5.75 Å². The van der Waals surface area contributed by atoms with Gasteiger partial charge in [0.2, 0.25) is 5.91 Å². The van der Waals surface area contributed by atoms with Crippen molar-refractivity contribution in [3.05, 3.63) is 54.1 Å². The molecule has 1 atom stereocenters. The van der Waals surface area contributed by atoms with Crippen molar-refractivity contribution in [2.45, 2.75) is 25.0 Å². The third-order valence-corrected chi connectivity index (χ3v) is 5.19. The molecule has 0 aliphatic heterocycles. The Morgan fingerprint density at radius 3 is 2.77 bits per heavy atom. The fourth-order valence-electron chi connectivity index (χ4n) is 2.69. The highest BCUT2D eigenvalue weighted by atomic mass is 32.2. The van der Waals surface area contributed by atoms with E-state index in [1.54, 1.807) is 4.90 Å². The molecule has 1 unspecified atom stereocenters. The minimum Gasteiger partial charge on any atom is -0.494 e. The summed E-state index contributed by atoms with van der Waals surface area (Å²) in [5, 5.41) is 0.739. The lowest BCUT2D eigenvalue weighted by molar-refractivity contribution is -0.128. The monoisotopic (exact) mass is 369 g/mol. The standard InChI is InChI=1S/C20H23N3O2S/c1-4-25-16-10-11-17-18(12-16)22-20(21-17)26-13-19(24)23(3)14(2)15-8-6-5-7-9-15/h5-12,14H,4,13H2,1-3H3,(H,21,22). The molecule has 0 fully saturated rings. The Morgan fingerprint density at radius 2 is 2.04 bits per heavy atom. The molecule has 1 heterocycles. The number of carbonyl (C=O) groups is 1. The normalized spacial score (nSPS) is 12.1. The third kappa shape index (κ3) is 4.19. The topological polar surface area (TPSA) is 58.2 Å². The first-order chi connectivity index (χ1) is 12.6. The largest absolute Gasteiger partial charge is 0.494 e. The highest BCUT2D eigenvalue weighted by Crippen LogP contribution is 2.25. The number of rotatable bonds is 7. The van der Waals surface area contributed by atoms with Crippen molar-refractivity contribution in [3.8, 4) is 5.75 Å². The van der Waals surface area contributed by atoms with E-state index in [-0.39, 0.29) is 11.9 Å². The first-order valence-corrected chi connectivity index (χ1v) is 9.63. The number of ether oxygens (including phenoxy) is 1. The zero-order valence-electron chi connectivity index (χ0n) is 15.2. The second-order valence-corrected chi connectivity index (χ2v) is 7.00. The van der Waals surface area contributed by atoms with Crippen LogP contribution in [0.4, 0.5) is 0 Å². The van der Waals surface area contributed by atoms with Crippen molar-refractivity contribution < 1.29 is 9.53 Å². The molecule has 2 aromatic carbocycles. The number of aromatic amines is 1. The van der Waals surface area contributed by atoms with Crippen LogP contribution < -0.4 is 4.74 Å².